The molecule has 4 heteroatoms. The van der Waals surface area contributed by atoms with E-state index in [1.807, 2.05) is 36.2 Å². The van der Waals surface area contributed by atoms with E-state index in [0.29, 0.717) is 5.25 Å². The Labute approximate surface area is 104 Å². The third kappa shape index (κ3) is 2.10. The highest BCUT2D eigenvalue weighted by atomic mass is 32.2. The van der Waals surface area contributed by atoms with Crippen molar-refractivity contribution in [1.29, 1.82) is 0 Å². The summed E-state index contributed by atoms with van der Waals surface area (Å²) in [4.78, 5) is 4.44. The number of pyridine rings is 1. The summed E-state index contributed by atoms with van der Waals surface area (Å²) < 4.78 is 5.17. The third-order valence-electron chi connectivity index (χ3n) is 2.97. The van der Waals surface area contributed by atoms with E-state index in [1.54, 1.807) is 0 Å². The number of rotatable bonds is 3. The van der Waals surface area contributed by atoms with Crippen molar-refractivity contribution in [3.8, 4) is 0 Å². The number of hydrogen-bond donors (Lipinski definition) is 1. The second-order valence-corrected chi connectivity index (χ2v) is 5.47. The van der Waals surface area contributed by atoms with Crippen molar-refractivity contribution in [2.24, 2.45) is 0 Å². The molecular formula is C13H14N2OS. The molecule has 1 aliphatic rings. The van der Waals surface area contributed by atoms with Gasteiger partial charge >= 0.3 is 0 Å². The molecule has 17 heavy (non-hydrogen) atoms. The fourth-order valence-electron chi connectivity index (χ4n) is 1.89. The number of fused-ring (bicyclic) bond motifs is 1. The third-order valence-corrected chi connectivity index (χ3v) is 4.19. The van der Waals surface area contributed by atoms with Crippen LogP contribution >= 0.6 is 11.8 Å². The van der Waals surface area contributed by atoms with Crippen molar-refractivity contribution in [2.75, 3.05) is 18.9 Å². The number of nitrogens with two attached hydrogens (primary N) is 1. The molecule has 1 aromatic carbocycles. The van der Waals surface area contributed by atoms with Crippen LogP contribution < -0.4 is 5.73 Å². The molecular weight excluding hydrogens is 232 g/mol. The highest BCUT2D eigenvalue weighted by Gasteiger charge is 2.19. The Morgan fingerprint density at radius 3 is 3.00 bits per heavy atom. The molecule has 0 spiro atoms. The Bertz CT molecular complexity index is 540. The molecule has 0 amide bonds. The van der Waals surface area contributed by atoms with Crippen LogP contribution in [0.25, 0.3) is 10.9 Å². The minimum absolute atomic E-state index is 0.645. The van der Waals surface area contributed by atoms with Gasteiger partial charge in [-0.1, -0.05) is 6.07 Å². The predicted molar refractivity (Wildman–Crippen MR) is 72.1 cm³/mol. The molecule has 1 aromatic heterocycles. The standard InChI is InChI=1S/C13H14N2OS/c14-12-4-3-9(8-17-10-6-16-7-10)13-11(12)2-1-5-15-13/h1-5,10H,6-8,14H2. The van der Waals surface area contributed by atoms with Crippen LogP contribution in [0.15, 0.2) is 30.5 Å². The van der Waals surface area contributed by atoms with E-state index in [-0.39, 0.29) is 0 Å². The van der Waals surface area contributed by atoms with Crippen molar-refractivity contribution in [1.82, 2.24) is 4.98 Å². The zero-order valence-electron chi connectivity index (χ0n) is 9.43. The highest BCUT2D eigenvalue weighted by molar-refractivity contribution is 7.99. The van der Waals surface area contributed by atoms with Gasteiger partial charge in [0.2, 0.25) is 0 Å². The molecule has 0 atom stereocenters. The van der Waals surface area contributed by atoms with Crippen LogP contribution in [-0.2, 0) is 10.5 Å². The zero-order valence-corrected chi connectivity index (χ0v) is 10.2. The average Bonchev–Trinajstić information content (AvgIpc) is 2.30. The number of nitrogen functional groups attached to an aromatic ring is 1. The smallest absolute Gasteiger partial charge is 0.0763 e. The van der Waals surface area contributed by atoms with Gasteiger partial charge in [0.15, 0.2) is 0 Å². The van der Waals surface area contributed by atoms with E-state index in [2.05, 4.69) is 11.1 Å². The van der Waals surface area contributed by atoms with Crippen molar-refractivity contribution < 1.29 is 4.74 Å². The normalized spacial score (nSPS) is 16.0. The Morgan fingerprint density at radius 2 is 2.24 bits per heavy atom. The molecule has 1 fully saturated rings. The number of anilines is 1. The van der Waals surface area contributed by atoms with Crippen LogP contribution in [0.2, 0.25) is 0 Å². The number of ether oxygens (including phenoxy) is 1. The first-order valence-corrected chi connectivity index (χ1v) is 6.71. The summed E-state index contributed by atoms with van der Waals surface area (Å²) in [6, 6.07) is 8.00. The maximum Gasteiger partial charge on any atom is 0.0763 e. The number of benzene rings is 1. The lowest BCUT2D eigenvalue weighted by molar-refractivity contribution is 0.0455. The predicted octanol–water partition coefficient (Wildman–Crippen LogP) is 2.45. The van der Waals surface area contributed by atoms with Crippen LogP contribution in [0.3, 0.4) is 0 Å². The fourth-order valence-corrected chi connectivity index (χ4v) is 2.92. The molecule has 0 bridgehead atoms. The lowest BCUT2D eigenvalue weighted by Gasteiger charge is -2.25. The van der Waals surface area contributed by atoms with E-state index in [9.17, 15) is 0 Å². The van der Waals surface area contributed by atoms with Crippen LogP contribution in [0.5, 0.6) is 0 Å². The van der Waals surface area contributed by atoms with Crippen molar-refractivity contribution >= 4 is 28.4 Å². The minimum Gasteiger partial charge on any atom is -0.398 e. The first-order valence-electron chi connectivity index (χ1n) is 5.66. The van der Waals surface area contributed by atoms with Gasteiger partial charge in [-0.2, -0.15) is 0 Å². The molecule has 0 aliphatic carbocycles. The molecule has 3 rings (SSSR count). The van der Waals surface area contributed by atoms with Crippen molar-refractivity contribution in [3.63, 3.8) is 0 Å². The van der Waals surface area contributed by atoms with Gasteiger partial charge in [0.05, 0.1) is 24.0 Å². The van der Waals surface area contributed by atoms with E-state index in [4.69, 9.17) is 10.5 Å². The Kier molecular flexibility index (Phi) is 2.91. The van der Waals surface area contributed by atoms with Gasteiger partial charge in [-0.15, -0.1) is 11.8 Å². The van der Waals surface area contributed by atoms with Crippen LogP contribution in [-0.4, -0.2) is 23.4 Å². The van der Waals surface area contributed by atoms with Gasteiger partial charge in [-0.25, -0.2) is 0 Å². The maximum atomic E-state index is 5.95. The molecule has 1 aliphatic heterocycles. The fraction of sp³-hybridized carbons (Fsp3) is 0.308. The van der Waals surface area contributed by atoms with E-state index >= 15 is 0 Å². The average molecular weight is 246 g/mol. The van der Waals surface area contributed by atoms with E-state index in [1.165, 1.54) is 5.56 Å². The van der Waals surface area contributed by atoms with E-state index < -0.39 is 0 Å². The molecule has 88 valence electrons. The van der Waals surface area contributed by atoms with Gasteiger partial charge in [-0.3, -0.25) is 4.98 Å². The number of thioether (sulfide) groups is 1. The Morgan fingerprint density at radius 1 is 1.35 bits per heavy atom. The molecule has 2 N–H and O–H groups in total. The van der Waals surface area contributed by atoms with Gasteiger partial charge in [0.25, 0.3) is 0 Å². The molecule has 0 radical (unpaired) electrons. The minimum atomic E-state index is 0.645. The summed E-state index contributed by atoms with van der Waals surface area (Å²) in [6.45, 7) is 1.76. The van der Waals surface area contributed by atoms with Crippen molar-refractivity contribution in [3.05, 3.63) is 36.0 Å². The first kappa shape index (κ1) is 10.9. The lowest BCUT2D eigenvalue weighted by atomic mass is 10.1. The summed E-state index contributed by atoms with van der Waals surface area (Å²) in [5.74, 6) is 0.974. The Hall–Kier alpha value is -1.26. The number of aromatic nitrogens is 1. The molecule has 1 saturated heterocycles. The molecule has 0 unspecified atom stereocenters. The molecule has 3 nitrogen and oxygen atoms in total. The molecule has 0 saturated carbocycles. The summed E-state index contributed by atoms with van der Waals surface area (Å²) in [5, 5.41) is 1.70. The lowest BCUT2D eigenvalue weighted by Crippen LogP contribution is -2.30. The summed E-state index contributed by atoms with van der Waals surface area (Å²) in [6.07, 6.45) is 1.82. The molecule has 2 aromatic rings. The van der Waals surface area contributed by atoms with Gasteiger partial charge in [0.1, 0.15) is 0 Å². The number of nitrogens with zero attached hydrogens (tertiary/aromatic N) is 1. The van der Waals surface area contributed by atoms with Crippen molar-refractivity contribution in [2.45, 2.75) is 11.0 Å². The summed E-state index contributed by atoms with van der Waals surface area (Å²) >= 11 is 1.93. The van der Waals surface area contributed by atoms with Crippen LogP contribution in [0, 0.1) is 0 Å². The quantitative estimate of drug-likeness (QED) is 0.845. The topological polar surface area (TPSA) is 48.1 Å². The monoisotopic (exact) mass is 246 g/mol. The highest BCUT2D eigenvalue weighted by Crippen LogP contribution is 2.28. The van der Waals surface area contributed by atoms with Crippen LogP contribution in [0.1, 0.15) is 5.56 Å². The SMILES string of the molecule is Nc1ccc(CSC2COC2)c2ncccc12. The second kappa shape index (κ2) is 4.55. The molecule has 2 heterocycles. The van der Waals surface area contributed by atoms with Crippen LogP contribution in [0.4, 0.5) is 5.69 Å². The summed E-state index contributed by atoms with van der Waals surface area (Å²) in [7, 11) is 0. The summed E-state index contributed by atoms with van der Waals surface area (Å²) in [5.41, 5.74) is 9.04. The Balaban J connectivity index is 1.90. The zero-order chi connectivity index (χ0) is 11.7. The maximum absolute atomic E-state index is 5.95. The largest absolute Gasteiger partial charge is 0.398 e. The van der Waals surface area contributed by atoms with Gasteiger partial charge in [0, 0.05) is 23.0 Å². The van der Waals surface area contributed by atoms with E-state index in [0.717, 1.165) is 35.6 Å². The first-order chi connectivity index (χ1) is 8.34. The van der Waals surface area contributed by atoms with Gasteiger partial charge in [-0.05, 0) is 23.8 Å². The second-order valence-electron chi connectivity index (χ2n) is 4.18. The van der Waals surface area contributed by atoms with Gasteiger partial charge < -0.3 is 10.5 Å². The number of hydrogen-bond acceptors (Lipinski definition) is 4.